The number of fused-ring (bicyclic) bond motifs is 2. The zero-order valence-corrected chi connectivity index (χ0v) is 19.4. The molecule has 0 saturated heterocycles. The fourth-order valence-electron chi connectivity index (χ4n) is 4.68. The third-order valence-electron chi connectivity index (χ3n) is 6.40. The molecule has 2 aromatic carbocycles. The first-order valence-electron chi connectivity index (χ1n) is 11.8. The molecule has 8 heteroatoms. The number of benzene rings is 2. The summed E-state index contributed by atoms with van der Waals surface area (Å²) in [5.41, 5.74) is 4.59. The van der Waals surface area contributed by atoms with Gasteiger partial charge in [0.25, 0.3) is 5.91 Å². The number of hydrogen-bond donors (Lipinski definition) is 2. The van der Waals surface area contributed by atoms with E-state index in [0.717, 1.165) is 53.4 Å². The normalized spacial score (nSPS) is 16.1. The van der Waals surface area contributed by atoms with Crippen LogP contribution in [0.3, 0.4) is 0 Å². The lowest BCUT2D eigenvalue weighted by molar-refractivity contribution is 0.0931. The second-order valence-corrected chi connectivity index (χ2v) is 8.77. The number of nitrogens with one attached hydrogen (secondary N) is 1. The Morgan fingerprint density at radius 3 is 2.74 bits per heavy atom. The van der Waals surface area contributed by atoms with Crippen molar-refractivity contribution < 1.29 is 19.4 Å². The van der Waals surface area contributed by atoms with Gasteiger partial charge in [-0.25, -0.2) is 0 Å². The Labute approximate surface area is 199 Å². The van der Waals surface area contributed by atoms with Gasteiger partial charge in [0.15, 0.2) is 17.2 Å². The van der Waals surface area contributed by atoms with Crippen LogP contribution < -0.4 is 14.8 Å². The lowest BCUT2D eigenvalue weighted by Gasteiger charge is -2.28. The minimum Gasteiger partial charge on any atom is -0.486 e. The third-order valence-corrected chi connectivity index (χ3v) is 6.40. The molecule has 0 saturated carbocycles. The van der Waals surface area contributed by atoms with Crippen molar-refractivity contribution in [2.24, 2.45) is 0 Å². The van der Waals surface area contributed by atoms with Crippen LogP contribution in [0, 0.1) is 0 Å². The highest BCUT2D eigenvalue weighted by Crippen LogP contribution is 2.32. The monoisotopic (exact) mass is 462 g/mol. The van der Waals surface area contributed by atoms with Crippen LogP contribution in [-0.4, -0.2) is 52.1 Å². The first-order chi connectivity index (χ1) is 16.6. The molecule has 34 heavy (non-hydrogen) atoms. The first kappa shape index (κ1) is 22.4. The maximum atomic E-state index is 13.2. The highest BCUT2D eigenvalue weighted by atomic mass is 16.6. The molecule has 1 unspecified atom stereocenters. The van der Waals surface area contributed by atoms with Gasteiger partial charge < -0.3 is 19.9 Å². The van der Waals surface area contributed by atoms with Crippen LogP contribution in [0.5, 0.6) is 11.5 Å². The third kappa shape index (κ3) is 4.64. The number of aliphatic hydroxyl groups excluding tert-OH is 1. The number of aromatic nitrogens is 2. The average Bonchev–Trinajstić information content (AvgIpc) is 3.22. The van der Waals surface area contributed by atoms with E-state index in [2.05, 4.69) is 21.4 Å². The SMILES string of the molecule is CC(NC(=O)c1nn(CCO)c2c1CN(Cc1ccc3c(c1)OCCO3)CC2)c1ccccc1. The predicted octanol–water partition coefficient (Wildman–Crippen LogP) is 2.70. The topological polar surface area (TPSA) is 88.9 Å². The van der Waals surface area contributed by atoms with Gasteiger partial charge in [0.2, 0.25) is 0 Å². The maximum Gasteiger partial charge on any atom is 0.272 e. The molecule has 5 rings (SSSR count). The van der Waals surface area contributed by atoms with E-state index in [1.54, 1.807) is 4.68 Å². The molecular weight excluding hydrogens is 432 g/mol. The Bertz CT molecular complexity index is 1160. The van der Waals surface area contributed by atoms with Crippen molar-refractivity contribution in [2.45, 2.75) is 39.0 Å². The Kier molecular flexibility index (Phi) is 6.51. The molecule has 3 aromatic rings. The van der Waals surface area contributed by atoms with Gasteiger partial charge in [-0.3, -0.25) is 14.4 Å². The van der Waals surface area contributed by atoms with Crippen LogP contribution in [0.1, 0.15) is 45.8 Å². The van der Waals surface area contributed by atoms with Crippen molar-refractivity contribution in [1.82, 2.24) is 20.0 Å². The molecule has 1 atom stereocenters. The van der Waals surface area contributed by atoms with Crippen molar-refractivity contribution in [1.29, 1.82) is 0 Å². The van der Waals surface area contributed by atoms with Crippen LogP contribution in [0.2, 0.25) is 0 Å². The Morgan fingerprint density at radius 1 is 1.15 bits per heavy atom. The molecule has 2 aliphatic heterocycles. The summed E-state index contributed by atoms with van der Waals surface area (Å²) in [7, 11) is 0. The smallest absolute Gasteiger partial charge is 0.272 e. The summed E-state index contributed by atoms with van der Waals surface area (Å²) in [6.07, 6.45) is 0.772. The Hall–Kier alpha value is -3.36. The summed E-state index contributed by atoms with van der Waals surface area (Å²) in [4.78, 5) is 15.6. The van der Waals surface area contributed by atoms with E-state index in [9.17, 15) is 9.90 Å². The Balaban J connectivity index is 1.35. The number of nitrogens with zero attached hydrogens (tertiary/aromatic N) is 3. The van der Waals surface area contributed by atoms with Crippen molar-refractivity contribution >= 4 is 5.91 Å². The predicted molar refractivity (Wildman–Crippen MR) is 127 cm³/mol. The number of amides is 1. The number of carbonyl (C=O) groups is 1. The van der Waals surface area contributed by atoms with Gasteiger partial charge in [-0.1, -0.05) is 36.4 Å². The molecule has 178 valence electrons. The fraction of sp³-hybridized carbons (Fsp3) is 0.385. The van der Waals surface area contributed by atoms with Crippen molar-refractivity contribution in [3.05, 3.63) is 76.6 Å². The highest BCUT2D eigenvalue weighted by molar-refractivity contribution is 5.94. The van der Waals surface area contributed by atoms with E-state index in [0.29, 0.717) is 32.0 Å². The highest BCUT2D eigenvalue weighted by Gasteiger charge is 2.29. The molecule has 8 nitrogen and oxygen atoms in total. The van der Waals surface area contributed by atoms with E-state index >= 15 is 0 Å². The van der Waals surface area contributed by atoms with Crippen molar-refractivity contribution in [2.75, 3.05) is 26.4 Å². The van der Waals surface area contributed by atoms with Gasteiger partial charge in [-0.2, -0.15) is 5.10 Å². The molecule has 0 fully saturated rings. The molecule has 0 radical (unpaired) electrons. The van der Waals surface area contributed by atoms with E-state index in [-0.39, 0.29) is 18.6 Å². The van der Waals surface area contributed by atoms with Gasteiger partial charge in [-0.15, -0.1) is 0 Å². The van der Waals surface area contributed by atoms with Crippen molar-refractivity contribution in [3.63, 3.8) is 0 Å². The van der Waals surface area contributed by atoms with E-state index < -0.39 is 0 Å². The van der Waals surface area contributed by atoms with Crippen LogP contribution in [0.25, 0.3) is 0 Å². The molecule has 3 heterocycles. The summed E-state index contributed by atoms with van der Waals surface area (Å²) in [6, 6.07) is 15.8. The molecule has 0 bridgehead atoms. The minimum absolute atomic E-state index is 0.0174. The van der Waals surface area contributed by atoms with Gasteiger partial charge in [0.1, 0.15) is 13.2 Å². The molecular formula is C26H30N4O4. The van der Waals surface area contributed by atoms with Crippen LogP contribution in [-0.2, 0) is 26.1 Å². The standard InChI is InChI=1S/C26H30N4O4/c1-18(20-5-3-2-4-6-20)27-26(32)25-21-17-29(10-9-22(21)30(28-25)11-12-31)16-19-7-8-23-24(15-19)34-14-13-33-23/h2-8,15,18,31H,9-14,16-17H2,1H3,(H,27,32). The fourth-order valence-corrected chi connectivity index (χ4v) is 4.68. The molecule has 1 amide bonds. The van der Waals surface area contributed by atoms with E-state index in [1.165, 1.54) is 0 Å². The Morgan fingerprint density at radius 2 is 1.94 bits per heavy atom. The number of hydrogen-bond acceptors (Lipinski definition) is 6. The molecule has 0 aliphatic carbocycles. The lowest BCUT2D eigenvalue weighted by Crippen LogP contribution is -2.33. The summed E-state index contributed by atoms with van der Waals surface area (Å²) in [6.45, 7) is 5.68. The second kappa shape index (κ2) is 9.87. The van der Waals surface area contributed by atoms with E-state index in [4.69, 9.17) is 9.47 Å². The van der Waals surface area contributed by atoms with Crippen LogP contribution in [0.4, 0.5) is 0 Å². The summed E-state index contributed by atoms with van der Waals surface area (Å²) in [5, 5.41) is 17.2. The summed E-state index contributed by atoms with van der Waals surface area (Å²) >= 11 is 0. The summed E-state index contributed by atoms with van der Waals surface area (Å²) < 4.78 is 13.2. The average molecular weight is 463 g/mol. The van der Waals surface area contributed by atoms with Crippen molar-refractivity contribution in [3.8, 4) is 11.5 Å². The van der Waals surface area contributed by atoms with Crippen LogP contribution in [0.15, 0.2) is 48.5 Å². The lowest BCUT2D eigenvalue weighted by atomic mass is 10.0. The van der Waals surface area contributed by atoms with Gasteiger partial charge >= 0.3 is 0 Å². The zero-order valence-electron chi connectivity index (χ0n) is 19.4. The quantitative estimate of drug-likeness (QED) is 0.561. The number of rotatable bonds is 7. The molecule has 0 spiro atoms. The molecule has 2 aliphatic rings. The first-order valence-corrected chi connectivity index (χ1v) is 11.8. The largest absolute Gasteiger partial charge is 0.486 e. The molecule has 1 aromatic heterocycles. The molecule has 2 N–H and O–H groups in total. The zero-order chi connectivity index (χ0) is 23.5. The minimum atomic E-state index is -0.189. The van der Waals surface area contributed by atoms with Gasteiger partial charge in [-0.05, 0) is 30.2 Å². The van der Waals surface area contributed by atoms with E-state index in [1.807, 2.05) is 49.4 Å². The number of carbonyl (C=O) groups excluding carboxylic acids is 1. The van der Waals surface area contributed by atoms with Gasteiger partial charge in [0.05, 0.1) is 19.2 Å². The second-order valence-electron chi connectivity index (χ2n) is 8.77. The number of ether oxygens (including phenoxy) is 2. The van der Waals surface area contributed by atoms with Gasteiger partial charge in [0, 0.05) is 37.3 Å². The maximum absolute atomic E-state index is 13.2. The number of aliphatic hydroxyl groups is 1. The summed E-state index contributed by atoms with van der Waals surface area (Å²) in [5.74, 6) is 1.38. The van der Waals surface area contributed by atoms with Crippen LogP contribution >= 0.6 is 0 Å².